The summed E-state index contributed by atoms with van der Waals surface area (Å²) in [7, 11) is 0. The number of rotatable bonds is 4. The lowest BCUT2D eigenvalue weighted by atomic mass is 10.00. The third kappa shape index (κ3) is 3.65. The van der Waals surface area contributed by atoms with Crippen molar-refractivity contribution in [1.82, 2.24) is 24.7 Å². The van der Waals surface area contributed by atoms with Gasteiger partial charge in [0.2, 0.25) is 11.1 Å². The molecule has 0 N–H and O–H groups in total. The first-order valence-corrected chi connectivity index (χ1v) is 9.51. The van der Waals surface area contributed by atoms with Gasteiger partial charge in [-0.2, -0.15) is 13.2 Å². The molecule has 2 aromatic rings. The molecule has 140 valence electrons. The van der Waals surface area contributed by atoms with E-state index in [4.69, 9.17) is 0 Å². The minimum atomic E-state index is -4.49. The molecule has 26 heavy (non-hydrogen) atoms. The van der Waals surface area contributed by atoms with E-state index in [2.05, 4.69) is 32.0 Å². The van der Waals surface area contributed by atoms with Gasteiger partial charge < -0.3 is 4.90 Å². The molecule has 10 heteroatoms. The number of hydrogen-bond acceptors (Lipinski definition) is 6. The predicted molar refractivity (Wildman–Crippen MR) is 90.1 cm³/mol. The SMILES string of the molecule is CC1CCN(c2nnc(Sc3nccc(C(F)(F)F)n3)n2C2CC2)CC1. The average molecular weight is 384 g/mol. The number of piperidine rings is 1. The summed E-state index contributed by atoms with van der Waals surface area (Å²) >= 11 is 1.04. The summed E-state index contributed by atoms with van der Waals surface area (Å²) in [6.45, 7) is 4.10. The quantitative estimate of drug-likeness (QED) is 0.747. The summed E-state index contributed by atoms with van der Waals surface area (Å²) in [5.41, 5.74) is -0.947. The molecule has 2 aliphatic rings. The fraction of sp³-hybridized carbons (Fsp3) is 0.625. The van der Waals surface area contributed by atoms with Crippen LogP contribution in [0, 0.1) is 5.92 Å². The van der Waals surface area contributed by atoms with Crippen LogP contribution < -0.4 is 4.90 Å². The van der Waals surface area contributed by atoms with E-state index in [-0.39, 0.29) is 5.16 Å². The molecule has 0 spiro atoms. The molecule has 2 fully saturated rings. The van der Waals surface area contributed by atoms with E-state index < -0.39 is 11.9 Å². The van der Waals surface area contributed by atoms with E-state index >= 15 is 0 Å². The molecule has 0 aromatic carbocycles. The second kappa shape index (κ2) is 6.71. The maximum atomic E-state index is 12.9. The van der Waals surface area contributed by atoms with Crippen molar-refractivity contribution in [1.29, 1.82) is 0 Å². The smallest absolute Gasteiger partial charge is 0.341 e. The lowest BCUT2D eigenvalue weighted by Crippen LogP contribution is -2.34. The summed E-state index contributed by atoms with van der Waals surface area (Å²) < 4.78 is 40.6. The zero-order valence-electron chi connectivity index (χ0n) is 14.3. The Labute approximate surface area is 153 Å². The molecule has 3 heterocycles. The minimum Gasteiger partial charge on any atom is -0.341 e. The molecule has 1 saturated carbocycles. The Hall–Kier alpha value is -1.84. The fourth-order valence-electron chi connectivity index (χ4n) is 3.04. The summed E-state index contributed by atoms with van der Waals surface area (Å²) in [5, 5.41) is 9.16. The number of nitrogens with zero attached hydrogens (tertiary/aromatic N) is 6. The van der Waals surface area contributed by atoms with Gasteiger partial charge >= 0.3 is 6.18 Å². The van der Waals surface area contributed by atoms with Crippen LogP contribution in [0.2, 0.25) is 0 Å². The van der Waals surface area contributed by atoms with Crippen LogP contribution in [0.15, 0.2) is 22.6 Å². The maximum absolute atomic E-state index is 12.9. The number of anilines is 1. The van der Waals surface area contributed by atoms with Crippen LogP contribution >= 0.6 is 11.8 Å². The second-order valence-electron chi connectivity index (χ2n) is 6.88. The van der Waals surface area contributed by atoms with E-state index in [9.17, 15) is 13.2 Å². The van der Waals surface area contributed by atoms with Crippen molar-refractivity contribution in [3.8, 4) is 0 Å². The summed E-state index contributed by atoms with van der Waals surface area (Å²) in [6.07, 6.45) is 0.924. The van der Waals surface area contributed by atoms with Crippen molar-refractivity contribution in [3.63, 3.8) is 0 Å². The normalized spacial score (nSPS) is 19.2. The molecule has 2 aromatic heterocycles. The van der Waals surface area contributed by atoms with Gasteiger partial charge in [0.15, 0.2) is 5.16 Å². The summed E-state index contributed by atoms with van der Waals surface area (Å²) in [5.74, 6) is 1.52. The largest absolute Gasteiger partial charge is 0.433 e. The molecule has 1 saturated heterocycles. The Morgan fingerprint density at radius 3 is 2.50 bits per heavy atom. The standard InChI is InChI=1S/C16H19F3N6S/c1-10-5-8-24(9-6-10)14-22-23-15(25(14)11-2-3-11)26-13-20-7-4-12(21-13)16(17,18)19/h4,7,10-11H,2-3,5-6,8-9H2,1H3. The van der Waals surface area contributed by atoms with Crippen molar-refractivity contribution in [2.75, 3.05) is 18.0 Å². The average Bonchev–Trinajstić information content (AvgIpc) is 3.36. The van der Waals surface area contributed by atoms with E-state index in [1.165, 1.54) is 0 Å². The van der Waals surface area contributed by atoms with E-state index in [0.29, 0.717) is 17.1 Å². The highest BCUT2D eigenvalue weighted by Crippen LogP contribution is 2.42. The molecule has 1 aliphatic heterocycles. The van der Waals surface area contributed by atoms with Crippen LogP contribution in [0.1, 0.15) is 44.3 Å². The fourth-order valence-corrected chi connectivity index (χ4v) is 3.88. The number of alkyl halides is 3. The van der Waals surface area contributed by atoms with Gasteiger partial charge in [-0.15, -0.1) is 10.2 Å². The predicted octanol–water partition coefficient (Wildman–Crippen LogP) is 3.81. The van der Waals surface area contributed by atoms with Crippen LogP contribution in [0.5, 0.6) is 0 Å². The van der Waals surface area contributed by atoms with E-state index in [0.717, 1.165) is 68.7 Å². The zero-order chi connectivity index (χ0) is 18.3. The van der Waals surface area contributed by atoms with Crippen molar-refractivity contribution in [2.45, 2.75) is 55.1 Å². The molecular formula is C16H19F3N6S. The molecule has 6 nitrogen and oxygen atoms in total. The van der Waals surface area contributed by atoms with E-state index in [1.54, 1.807) is 0 Å². The van der Waals surface area contributed by atoms with Gasteiger partial charge in [0.05, 0.1) is 0 Å². The third-order valence-corrected chi connectivity index (χ3v) is 5.57. The Morgan fingerprint density at radius 1 is 1.12 bits per heavy atom. The van der Waals surface area contributed by atoms with Crippen LogP contribution in [0.4, 0.5) is 19.1 Å². The molecule has 0 atom stereocenters. The topological polar surface area (TPSA) is 59.7 Å². The molecule has 0 unspecified atom stereocenters. The van der Waals surface area contributed by atoms with Gasteiger partial charge in [0.25, 0.3) is 0 Å². The molecular weight excluding hydrogens is 365 g/mol. The van der Waals surface area contributed by atoms with Gasteiger partial charge in [-0.05, 0) is 49.4 Å². The second-order valence-corrected chi connectivity index (χ2v) is 7.81. The molecule has 0 bridgehead atoms. The Balaban J connectivity index is 1.60. The Morgan fingerprint density at radius 2 is 1.85 bits per heavy atom. The minimum absolute atomic E-state index is 0.0351. The van der Waals surface area contributed by atoms with Crippen LogP contribution in [0.25, 0.3) is 0 Å². The van der Waals surface area contributed by atoms with Crippen LogP contribution in [-0.4, -0.2) is 37.8 Å². The van der Waals surface area contributed by atoms with Crippen molar-refractivity contribution >= 4 is 17.7 Å². The summed E-state index contributed by atoms with van der Waals surface area (Å²) in [6, 6.07) is 1.18. The third-order valence-electron chi connectivity index (χ3n) is 4.73. The van der Waals surface area contributed by atoms with Crippen LogP contribution in [-0.2, 0) is 6.18 Å². The molecule has 1 aliphatic carbocycles. The van der Waals surface area contributed by atoms with Crippen LogP contribution in [0.3, 0.4) is 0 Å². The lowest BCUT2D eigenvalue weighted by Gasteiger charge is -2.31. The Kier molecular flexibility index (Phi) is 4.54. The first-order chi connectivity index (χ1) is 12.4. The maximum Gasteiger partial charge on any atom is 0.433 e. The van der Waals surface area contributed by atoms with Crippen molar-refractivity contribution in [3.05, 3.63) is 18.0 Å². The van der Waals surface area contributed by atoms with Gasteiger partial charge in [-0.25, -0.2) is 9.97 Å². The first-order valence-electron chi connectivity index (χ1n) is 8.70. The number of hydrogen-bond donors (Lipinski definition) is 0. The highest BCUT2D eigenvalue weighted by atomic mass is 32.2. The lowest BCUT2D eigenvalue weighted by molar-refractivity contribution is -0.141. The van der Waals surface area contributed by atoms with Gasteiger partial charge in [0.1, 0.15) is 5.69 Å². The molecule has 4 rings (SSSR count). The van der Waals surface area contributed by atoms with Gasteiger partial charge in [-0.1, -0.05) is 6.92 Å². The monoisotopic (exact) mass is 384 g/mol. The highest BCUT2D eigenvalue weighted by Gasteiger charge is 2.35. The van der Waals surface area contributed by atoms with Gasteiger partial charge in [-0.3, -0.25) is 4.57 Å². The Bertz CT molecular complexity index is 781. The number of aromatic nitrogens is 5. The van der Waals surface area contributed by atoms with Gasteiger partial charge in [0, 0.05) is 25.3 Å². The van der Waals surface area contributed by atoms with Crippen molar-refractivity contribution < 1.29 is 13.2 Å². The first kappa shape index (κ1) is 17.6. The molecule has 0 amide bonds. The van der Waals surface area contributed by atoms with Crippen molar-refractivity contribution in [2.24, 2.45) is 5.92 Å². The zero-order valence-corrected chi connectivity index (χ0v) is 15.1. The highest BCUT2D eigenvalue weighted by molar-refractivity contribution is 7.99. The van der Waals surface area contributed by atoms with E-state index in [1.807, 2.05) is 4.57 Å². The summed E-state index contributed by atoms with van der Waals surface area (Å²) in [4.78, 5) is 9.81. The number of halogens is 3. The molecule has 0 radical (unpaired) electrons.